The van der Waals surface area contributed by atoms with Gasteiger partial charge in [-0.15, -0.1) is 0 Å². The number of carbonyl (C=O) groups excluding carboxylic acids is 1. The van der Waals surface area contributed by atoms with Gasteiger partial charge in [0.15, 0.2) is 11.5 Å². The maximum atomic E-state index is 13.3. The van der Waals surface area contributed by atoms with Gasteiger partial charge in [-0.05, 0) is 94.4 Å². The largest absolute Gasteiger partial charge is 0.493 e. The van der Waals surface area contributed by atoms with Crippen LogP contribution in [0, 0.1) is 17.8 Å². The molecule has 0 unspecified atom stereocenters. The number of carboxylic acids is 1. The lowest BCUT2D eigenvalue weighted by atomic mass is 9.84. The van der Waals surface area contributed by atoms with Crippen LogP contribution in [0.5, 0.6) is 11.5 Å². The molecule has 1 aliphatic heterocycles. The normalized spacial score (nSPS) is 19.4. The Balaban J connectivity index is 0.000000307. The fraction of sp³-hybridized carbons (Fsp3) is 0.576. The van der Waals surface area contributed by atoms with Crippen molar-refractivity contribution in [3.8, 4) is 11.5 Å². The van der Waals surface area contributed by atoms with Gasteiger partial charge in [-0.1, -0.05) is 24.3 Å². The van der Waals surface area contributed by atoms with Crippen LogP contribution < -0.4 is 20.1 Å². The van der Waals surface area contributed by atoms with Crippen LogP contribution in [0.3, 0.4) is 0 Å². The van der Waals surface area contributed by atoms with E-state index in [9.17, 15) is 9.59 Å². The van der Waals surface area contributed by atoms with Crippen molar-refractivity contribution in [3.05, 3.63) is 59.2 Å². The Morgan fingerprint density at radius 1 is 1.05 bits per heavy atom. The number of carboxylic acid groups (broad SMARTS) is 1. The van der Waals surface area contributed by atoms with Crippen LogP contribution >= 0.6 is 0 Å². The molecule has 0 bridgehead atoms. The summed E-state index contributed by atoms with van der Waals surface area (Å²) in [6, 6.07) is 13.6. The number of methoxy groups -OCH3 is 2. The first kappa shape index (κ1) is 33.4. The van der Waals surface area contributed by atoms with Gasteiger partial charge in [0.1, 0.15) is 0 Å². The van der Waals surface area contributed by atoms with Gasteiger partial charge in [0.25, 0.3) is 5.91 Å². The highest BCUT2D eigenvalue weighted by Gasteiger charge is 2.31. The average molecular weight is 584 g/mol. The number of rotatable bonds is 13. The molecule has 1 amide bonds. The number of fused-ring (bicyclic) bond motifs is 1. The predicted octanol–water partition coefficient (Wildman–Crippen LogP) is 3.89. The van der Waals surface area contributed by atoms with Gasteiger partial charge >= 0.3 is 5.97 Å². The minimum atomic E-state index is -0.658. The lowest BCUT2D eigenvalue weighted by molar-refractivity contribution is -0.142. The highest BCUT2D eigenvalue weighted by Crippen LogP contribution is 2.30. The fourth-order valence-electron chi connectivity index (χ4n) is 5.67. The van der Waals surface area contributed by atoms with E-state index in [0.717, 1.165) is 45.4 Å². The zero-order chi connectivity index (χ0) is 30.5. The van der Waals surface area contributed by atoms with Crippen LogP contribution in [0.4, 0.5) is 0 Å². The first-order valence-corrected chi connectivity index (χ1v) is 15.0. The van der Waals surface area contributed by atoms with Crippen LogP contribution in [0.1, 0.15) is 48.2 Å². The Hall–Kier alpha value is -3.14. The molecule has 9 nitrogen and oxygen atoms in total. The van der Waals surface area contributed by atoms with Crippen molar-refractivity contribution >= 4 is 11.9 Å². The average Bonchev–Trinajstić information content (AvgIpc) is 3.44. The van der Waals surface area contributed by atoms with E-state index >= 15 is 0 Å². The zero-order valence-electron chi connectivity index (χ0n) is 25.9. The lowest BCUT2D eigenvalue weighted by Gasteiger charge is -2.31. The summed E-state index contributed by atoms with van der Waals surface area (Å²) in [4.78, 5) is 26.1. The van der Waals surface area contributed by atoms with E-state index in [1.165, 1.54) is 11.1 Å². The van der Waals surface area contributed by atoms with Crippen molar-refractivity contribution in [2.24, 2.45) is 17.8 Å². The summed E-state index contributed by atoms with van der Waals surface area (Å²) < 4.78 is 16.3. The summed E-state index contributed by atoms with van der Waals surface area (Å²) in [5, 5.41) is 15.6. The molecule has 2 aromatic rings. The third-order valence-corrected chi connectivity index (χ3v) is 8.12. The van der Waals surface area contributed by atoms with Crippen molar-refractivity contribution < 1.29 is 28.9 Å². The van der Waals surface area contributed by atoms with Gasteiger partial charge in [-0.3, -0.25) is 9.59 Å². The number of hydrogen-bond acceptors (Lipinski definition) is 7. The van der Waals surface area contributed by atoms with Gasteiger partial charge in [0.2, 0.25) is 0 Å². The number of hydrogen-bond donors (Lipinski definition) is 3. The number of aryl methyl sites for hydroxylation is 1. The van der Waals surface area contributed by atoms with E-state index < -0.39 is 5.97 Å². The van der Waals surface area contributed by atoms with E-state index in [4.69, 9.17) is 19.3 Å². The number of nitrogens with zero attached hydrogens (tertiary/aromatic N) is 1. The molecule has 0 aromatic heterocycles. The Labute approximate surface area is 250 Å². The topological polar surface area (TPSA) is 109 Å². The van der Waals surface area contributed by atoms with Gasteiger partial charge in [0.05, 0.1) is 19.6 Å². The Kier molecular flexibility index (Phi) is 13.6. The van der Waals surface area contributed by atoms with E-state index in [-0.39, 0.29) is 17.9 Å². The van der Waals surface area contributed by atoms with Crippen LogP contribution in [0.25, 0.3) is 0 Å². The molecule has 0 radical (unpaired) electrons. The van der Waals surface area contributed by atoms with E-state index in [1.54, 1.807) is 26.4 Å². The molecule has 1 saturated heterocycles. The second-order valence-corrected chi connectivity index (χ2v) is 11.4. The minimum absolute atomic E-state index is 0.0273. The molecule has 4 rings (SSSR count). The van der Waals surface area contributed by atoms with Crippen molar-refractivity contribution in [1.29, 1.82) is 0 Å². The number of benzene rings is 2. The third kappa shape index (κ3) is 9.44. The maximum Gasteiger partial charge on any atom is 0.306 e. The highest BCUT2D eigenvalue weighted by molar-refractivity contribution is 5.95. The van der Waals surface area contributed by atoms with Crippen molar-refractivity contribution in [2.45, 2.75) is 45.6 Å². The summed E-state index contributed by atoms with van der Waals surface area (Å²) in [6.07, 6.45) is 3.17. The minimum Gasteiger partial charge on any atom is -0.493 e. The van der Waals surface area contributed by atoms with Crippen molar-refractivity contribution in [2.75, 3.05) is 60.7 Å². The maximum absolute atomic E-state index is 13.3. The number of ether oxygens (including phenoxy) is 3. The first-order valence-electron chi connectivity index (χ1n) is 15.0. The van der Waals surface area contributed by atoms with E-state index in [1.807, 2.05) is 36.2 Å². The van der Waals surface area contributed by atoms with Crippen molar-refractivity contribution in [3.63, 3.8) is 0 Å². The van der Waals surface area contributed by atoms with Crippen LogP contribution in [0.2, 0.25) is 0 Å². The summed E-state index contributed by atoms with van der Waals surface area (Å²) in [5.41, 5.74) is 3.15. The molecule has 0 spiro atoms. The smallest absolute Gasteiger partial charge is 0.306 e. The van der Waals surface area contributed by atoms with E-state index in [0.29, 0.717) is 48.5 Å². The molecule has 1 fully saturated rings. The van der Waals surface area contributed by atoms with Crippen molar-refractivity contribution in [1.82, 2.24) is 15.5 Å². The SMILES string of the molecule is CNC[C@H]1CNC[C@H]1CN(C(=O)c1ccc(OC)c(OCCCOC)c1)C(C)C.O=C(O)[C@@H]1CCc2ccccc2C1. The van der Waals surface area contributed by atoms with Gasteiger partial charge in [-0.2, -0.15) is 0 Å². The number of carbonyl (C=O) groups is 2. The fourth-order valence-corrected chi connectivity index (χ4v) is 5.67. The molecule has 3 atom stereocenters. The Morgan fingerprint density at radius 2 is 1.79 bits per heavy atom. The molecule has 2 aliphatic rings. The molecule has 42 heavy (non-hydrogen) atoms. The molecular formula is C33H49N3O6. The Morgan fingerprint density at radius 3 is 2.45 bits per heavy atom. The molecule has 1 aliphatic carbocycles. The third-order valence-electron chi connectivity index (χ3n) is 8.12. The second kappa shape index (κ2) is 17.1. The van der Waals surface area contributed by atoms with Gasteiger partial charge < -0.3 is 34.9 Å². The van der Waals surface area contributed by atoms with Crippen LogP contribution in [0.15, 0.2) is 42.5 Å². The zero-order valence-corrected chi connectivity index (χ0v) is 25.9. The lowest BCUT2D eigenvalue weighted by Crippen LogP contribution is -2.43. The molecule has 1 heterocycles. The summed E-state index contributed by atoms with van der Waals surface area (Å²) in [5.74, 6) is 1.39. The van der Waals surface area contributed by atoms with Gasteiger partial charge in [0, 0.05) is 44.8 Å². The number of aliphatic carboxylic acids is 1. The predicted molar refractivity (Wildman–Crippen MR) is 165 cm³/mol. The highest BCUT2D eigenvalue weighted by atomic mass is 16.5. The van der Waals surface area contributed by atoms with Gasteiger partial charge in [-0.25, -0.2) is 0 Å². The molecular weight excluding hydrogens is 534 g/mol. The monoisotopic (exact) mass is 583 g/mol. The molecule has 0 saturated carbocycles. The van der Waals surface area contributed by atoms with E-state index in [2.05, 4.69) is 30.5 Å². The first-order chi connectivity index (χ1) is 20.3. The molecule has 2 aromatic carbocycles. The Bertz CT molecular complexity index is 1140. The summed E-state index contributed by atoms with van der Waals surface area (Å²) in [7, 11) is 5.25. The second-order valence-electron chi connectivity index (χ2n) is 11.4. The number of amides is 1. The van der Waals surface area contributed by atoms with Crippen LogP contribution in [-0.2, 0) is 22.4 Å². The molecule has 3 N–H and O–H groups in total. The van der Waals surface area contributed by atoms with Crippen LogP contribution in [-0.4, -0.2) is 88.6 Å². The number of nitrogens with one attached hydrogen (secondary N) is 2. The molecule has 232 valence electrons. The quantitative estimate of drug-likeness (QED) is 0.305. The standard InChI is InChI=1S/C22H37N3O4.C11H12O2/c1-16(2)25(15-19-14-24-13-18(19)12-23-3)22(26)17-7-8-20(28-5)21(11-17)29-10-6-9-27-4;12-11(13)10-6-5-8-3-1-2-4-9(8)7-10/h7-8,11,16,18-19,23-24H,6,9-10,12-15H2,1-5H3;1-4,10H,5-7H2,(H,12,13)/t18-,19-;10-/m01/s1. The summed E-state index contributed by atoms with van der Waals surface area (Å²) >= 11 is 0. The molecule has 9 heteroatoms. The summed E-state index contributed by atoms with van der Waals surface area (Å²) in [6.45, 7) is 8.91.